The molecule has 0 fully saturated rings. The molecule has 2 aromatic rings. The normalized spacial score (nSPS) is 11.8. The first-order valence-electron chi connectivity index (χ1n) is 6.22. The molecule has 0 spiro atoms. The third-order valence-electron chi connectivity index (χ3n) is 2.71. The lowest BCUT2D eigenvalue weighted by Gasteiger charge is -2.25. The lowest BCUT2D eigenvalue weighted by atomic mass is 10.2. The van der Waals surface area contributed by atoms with Gasteiger partial charge in [0, 0.05) is 18.8 Å². The Bertz CT molecular complexity index is 666. The summed E-state index contributed by atoms with van der Waals surface area (Å²) in [6.07, 6.45) is 2.61. The van der Waals surface area contributed by atoms with E-state index in [1.165, 1.54) is 28.8 Å². The molecule has 6 nitrogen and oxygen atoms in total. The van der Waals surface area contributed by atoms with E-state index in [1.54, 1.807) is 12.1 Å². The van der Waals surface area contributed by atoms with Crippen LogP contribution >= 0.6 is 0 Å². The molecule has 20 heavy (non-hydrogen) atoms. The van der Waals surface area contributed by atoms with Crippen molar-refractivity contribution in [3.8, 4) is 5.75 Å². The minimum atomic E-state index is -3.69. The summed E-state index contributed by atoms with van der Waals surface area (Å²) in [5.74, 6) is 0.165. The number of hydrogen-bond acceptors (Lipinski definition) is 4. The number of sulfonamides is 1. The van der Waals surface area contributed by atoms with E-state index in [0.717, 1.165) is 0 Å². The van der Waals surface area contributed by atoms with Gasteiger partial charge in [-0.2, -0.15) is 5.10 Å². The standard InChI is InChI=1S/C13H17N3O3S/c1-10(2)9-16(11-4-3-5-12(17)6-11)20(18,19)13-7-14-15-8-13/h3-8,10,17H,9H2,1-2H3,(H,14,15). The Labute approximate surface area is 118 Å². The van der Waals surface area contributed by atoms with Crippen LogP contribution in [0.3, 0.4) is 0 Å². The SMILES string of the molecule is CC(C)CN(c1cccc(O)c1)S(=O)(=O)c1cn[nH]c1. The molecule has 0 amide bonds. The summed E-state index contributed by atoms with van der Waals surface area (Å²) in [6.45, 7) is 4.18. The van der Waals surface area contributed by atoms with Gasteiger partial charge in [0.05, 0.1) is 11.9 Å². The molecular formula is C13H17N3O3S. The Balaban J connectivity index is 2.48. The largest absolute Gasteiger partial charge is 0.508 e. The first-order chi connectivity index (χ1) is 9.41. The maximum absolute atomic E-state index is 12.6. The molecule has 0 radical (unpaired) electrons. The zero-order valence-corrected chi connectivity index (χ0v) is 12.1. The van der Waals surface area contributed by atoms with Crippen molar-refractivity contribution in [1.29, 1.82) is 0 Å². The molecule has 108 valence electrons. The minimum absolute atomic E-state index is 0.0265. The Morgan fingerprint density at radius 3 is 2.70 bits per heavy atom. The highest BCUT2D eigenvalue weighted by molar-refractivity contribution is 7.92. The van der Waals surface area contributed by atoms with Crippen LogP contribution in [0.4, 0.5) is 5.69 Å². The number of phenols is 1. The molecule has 1 aromatic heterocycles. The molecule has 0 bridgehead atoms. The number of hydrogen-bond donors (Lipinski definition) is 2. The third-order valence-corrected chi connectivity index (χ3v) is 4.47. The average molecular weight is 295 g/mol. The number of anilines is 1. The summed E-state index contributed by atoms with van der Waals surface area (Å²) in [4.78, 5) is 0.0986. The zero-order chi connectivity index (χ0) is 14.8. The number of aromatic hydroxyl groups is 1. The second kappa shape index (κ2) is 5.54. The smallest absolute Gasteiger partial charge is 0.267 e. The molecule has 0 unspecified atom stereocenters. The van der Waals surface area contributed by atoms with E-state index in [2.05, 4.69) is 10.2 Å². The van der Waals surface area contributed by atoms with E-state index in [-0.39, 0.29) is 16.6 Å². The van der Waals surface area contributed by atoms with Crippen LogP contribution in [0.2, 0.25) is 0 Å². The van der Waals surface area contributed by atoms with Crippen LogP contribution in [0.1, 0.15) is 13.8 Å². The van der Waals surface area contributed by atoms with Crippen molar-refractivity contribution >= 4 is 15.7 Å². The summed E-state index contributed by atoms with van der Waals surface area (Å²) in [6, 6.07) is 6.20. The van der Waals surface area contributed by atoms with E-state index >= 15 is 0 Å². The van der Waals surface area contributed by atoms with Crippen molar-refractivity contribution in [1.82, 2.24) is 10.2 Å². The fourth-order valence-corrected chi connectivity index (χ4v) is 3.36. The Hall–Kier alpha value is -2.02. The maximum Gasteiger partial charge on any atom is 0.267 e. The summed E-state index contributed by atoms with van der Waals surface area (Å²) in [5.41, 5.74) is 0.430. The fraction of sp³-hybridized carbons (Fsp3) is 0.308. The minimum Gasteiger partial charge on any atom is -0.508 e. The maximum atomic E-state index is 12.6. The summed E-state index contributed by atoms with van der Waals surface area (Å²) in [5, 5.41) is 15.7. The molecule has 0 aliphatic heterocycles. The average Bonchev–Trinajstić information content (AvgIpc) is 2.90. The summed E-state index contributed by atoms with van der Waals surface area (Å²) < 4.78 is 26.5. The van der Waals surface area contributed by atoms with E-state index in [0.29, 0.717) is 12.2 Å². The Morgan fingerprint density at radius 2 is 2.15 bits per heavy atom. The molecule has 1 aromatic carbocycles. The van der Waals surface area contributed by atoms with Crippen molar-refractivity contribution in [2.75, 3.05) is 10.8 Å². The molecule has 7 heteroatoms. The van der Waals surface area contributed by atoms with Gasteiger partial charge in [-0.3, -0.25) is 9.40 Å². The molecule has 2 rings (SSSR count). The van der Waals surface area contributed by atoms with Gasteiger partial charge < -0.3 is 5.11 Å². The Morgan fingerprint density at radius 1 is 1.40 bits per heavy atom. The molecule has 1 heterocycles. The van der Waals surface area contributed by atoms with E-state index in [4.69, 9.17) is 0 Å². The number of nitrogens with zero attached hydrogens (tertiary/aromatic N) is 2. The quantitative estimate of drug-likeness (QED) is 0.883. The Kier molecular flexibility index (Phi) is 3.99. The highest BCUT2D eigenvalue weighted by atomic mass is 32.2. The predicted octanol–water partition coefficient (Wildman–Crippen LogP) is 1.97. The molecule has 0 saturated heterocycles. The lowest BCUT2D eigenvalue weighted by Crippen LogP contribution is -2.34. The van der Waals surface area contributed by atoms with Crippen LogP contribution in [0, 0.1) is 5.92 Å². The number of phenolic OH excluding ortho intramolecular Hbond substituents is 1. The predicted molar refractivity (Wildman–Crippen MR) is 76.1 cm³/mol. The second-order valence-electron chi connectivity index (χ2n) is 4.88. The van der Waals surface area contributed by atoms with Gasteiger partial charge >= 0.3 is 0 Å². The molecular weight excluding hydrogens is 278 g/mol. The number of aromatic amines is 1. The van der Waals surface area contributed by atoms with Gasteiger partial charge in [0.15, 0.2) is 0 Å². The molecule has 0 atom stereocenters. The van der Waals surface area contributed by atoms with Crippen molar-refractivity contribution in [3.05, 3.63) is 36.7 Å². The van der Waals surface area contributed by atoms with E-state index in [1.807, 2.05) is 13.8 Å². The highest BCUT2D eigenvalue weighted by Crippen LogP contribution is 2.26. The monoisotopic (exact) mass is 295 g/mol. The van der Waals surface area contributed by atoms with Crippen molar-refractivity contribution < 1.29 is 13.5 Å². The number of rotatable bonds is 5. The van der Waals surface area contributed by atoms with Gasteiger partial charge in [-0.15, -0.1) is 0 Å². The van der Waals surface area contributed by atoms with Gasteiger partial charge in [-0.05, 0) is 18.1 Å². The first-order valence-corrected chi connectivity index (χ1v) is 7.66. The van der Waals surface area contributed by atoms with Gasteiger partial charge in [-0.1, -0.05) is 19.9 Å². The van der Waals surface area contributed by atoms with Gasteiger partial charge in [0.2, 0.25) is 0 Å². The van der Waals surface area contributed by atoms with Crippen molar-refractivity contribution in [2.45, 2.75) is 18.7 Å². The summed E-state index contributed by atoms with van der Waals surface area (Å²) in [7, 11) is -3.69. The molecule has 0 saturated carbocycles. The van der Waals surface area contributed by atoms with Crippen LogP contribution in [0.5, 0.6) is 5.75 Å². The van der Waals surface area contributed by atoms with Gasteiger partial charge in [0.25, 0.3) is 10.0 Å². The van der Waals surface area contributed by atoms with Crippen LogP contribution in [-0.2, 0) is 10.0 Å². The van der Waals surface area contributed by atoms with Crippen molar-refractivity contribution in [3.63, 3.8) is 0 Å². The van der Waals surface area contributed by atoms with E-state index < -0.39 is 10.0 Å². The molecule has 0 aliphatic rings. The van der Waals surface area contributed by atoms with E-state index in [9.17, 15) is 13.5 Å². The van der Waals surface area contributed by atoms with Crippen molar-refractivity contribution in [2.24, 2.45) is 5.92 Å². The fourth-order valence-electron chi connectivity index (χ4n) is 1.83. The molecule has 2 N–H and O–H groups in total. The van der Waals surface area contributed by atoms with Gasteiger partial charge in [0.1, 0.15) is 10.6 Å². The van der Waals surface area contributed by atoms with Crippen LogP contribution < -0.4 is 4.31 Å². The van der Waals surface area contributed by atoms with Gasteiger partial charge in [-0.25, -0.2) is 8.42 Å². The number of benzene rings is 1. The topological polar surface area (TPSA) is 86.3 Å². The number of nitrogens with one attached hydrogen (secondary N) is 1. The zero-order valence-electron chi connectivity index (χ0n) is 11.3. The first kappa shape index (κ1) is 14.4. The van der Waals surface area contributed by atoms with Crippen LogP contribution in [0.25, 0.3) is 0 Å². The number of aromatic nitrogens is 2. The third kappa shape index (κ3) is 2.93. The summed E-state index contributed by atoms with van der Waals surface area (Å²) >= 11 is 0. The van der Waals surface area contributed by atoms with Crippen LogP contribution in [0.15, 0.2) is 41.6 Å². The molecule has 0 aliphatic carbocycles. The lowest BCUT2D eigenvalue weighted by molar-refractivity contribution is 0.475. The second-order valence-corrected chi connectivity index (χ2v) is 6.75. The highest BCUT2D eigenvalue weighted by Gasteiger charge is 2.26. The van der Waals surface area contributed by atoms with Crippen LogP contribution in [-0.4, -0.2) is 30.3 Å². The number of H-pyrrole nitrogens is 1.